The Kier molecular flexibility index (Phi) is 6.52. The predicted molar refractivity (Wildman–Crippen MR) is 102 cm³/mol. The molecule has 0 aliphatic heterocycles. The topological polar surface area (TPSA) is 72.1 Å². The van der Waals surface area contributed by atoms with Crippen LogP contribution in [0.1, 0.15) is 35.2 Å². The molecule has 3 aromatic rings. The zero-order valence-corrected chi connectivity index (χ0v) is 15.3. The number of benzene rings is 2. The summed E-state index contributed by atoms with van der Waals surface area (Å²) in [6.45, 7) is 0.547. The molecule has 5 heteroatoms. The zero-order chi connectivity index (χ0) is 19.1. The van der Waals surface area contributed by atoms with Crippen molar-refractivity contribution in [3.63, 3.8) is 0 Å². The predicted octanol–water partition coefficient (Wildman–Crippen LogP) is 3.87. The van der Waals surface area contributed by atoms with E-state index in [1.54, 1.807) is 31.4 Å². The van der Waals surface area contributed by atoms with Crippen molar-refractivity contribution < 1.29 is 24.1 Å². The first-order valence-corrected chi connectivity index (χ1v) is 8.93. The number of methoxy groups -OCH3 is 1. The Morgan fingerprint density at radius 2 is 1.81 bits per heavy atom. The van der Waals surface area contributed by atoms with Crippen molar-refractivity contribution in [2.45, 2.75) is 25.6 Å². The standard InChI is InChI=1S/C22H24O5/c1-25-21-14-17(22(24)20-12-10-18(27-20)8-5-13-23)9-11-19(21)26-15-16-6-3-2-4-7-16/h2-4,6-7,9-12,14,22-24H,5,8,13,15H2,1H3. The highest BCUT2D eigenvalue weighted by Crippen LogP contribution is 2.33. The maximum absolute atomic E-state index is 10.6. The summed E-state index contributed by atoms with van der Waals surface area (Å²) in [5.74, 6) is 2.37. The van der Waals surface area contributed by atoms with Gasteiger partial charge in [0.15, 0.2) is 11.5 Å². The van der Waals surface area contributed by atoms with Gasteiger partial charge in [-0.3, -0.25) is 0 Å². The van der Waals surface area contributed by atoms with E-state index in [1.165, 1.54) is 0 Å². The van der Waals surface area contributed by atoms with Crippen LogP contribution in [0.3, 0.4) is 0 Å². The molecule has 1 atom stereocenters. The third kappa shape index (κ3) is 4.90. The summed E-state index contributed by atoms with van der Waals surface area (Å²) >= 11 is 0. The maximum atomic E-state index is 10.6. The van der Waals surface area contributed by atoms with Crippen LogP contribution in [0.5, 0.6) is 11.5 Å². The third-order valence-corrected chi connectivity index (χ3v) is 4.27. The summed E-state index contributed by atoms with van der Waals surface area (Å²) in [7, 11) is 1.57. The number of ether oxygens (including phenoxy) is 2. The number of rotatable bonds is 9. The molecule has 0 aliphatic rings. The molecule has 0 spiro atoms. The number of aliphatic hydroxyl groups is 2. The third-order valence-electron chi connectivity index (χ3n) is 4.27. The van der Waals surface area contributed by atoms with Crippen molar-refractivity contribution >= 4 is 0 Å². The van der Waals surface area contributed by atoms with Gasteiger partial charge in [-0.1, -0.05) is 36.4 Å². The minimum absolute atomic E-state index is 0.111. The zero-order valence-electron chi connectivity index (χ0n) is 15.3. The van der Waals surface area contributed by atoms with E-state index in [0.717, 1.165) is 11.3 Å². The molecule has 142 valence electrons. The summed E-state index contributed by atoms with van der Waals surface area (Å²) < 4.78 is 17.0. The summed E-state index contributed by atoms with van der Waals surface area (Å²) in [5.41, 5.74) is 1.72. The van der Waals surface area contributed by atoms with Crippen LogP contribution in [0, 0.1) is 0 Å². The lowest BCUT2D eigenvalue weighted by Crippen LogP contribution is -2.01. The molecule has 1 unspecified atom stereocenters. The Morgan fingerprint density at radius 3 is 2.56 bits per heavy atom. The van der Waals surface area contributed by atoms with E-state index < -0.39 is 6.10 Å². The van der Waals surface area contributed by atoms with Gasteiger partial charge < -0.3 is 24.1 Å². The van der Waals surface area contributed by atoms with Crippen LogP contribution in [0.4, 0.5) is 0 Å². The van der Waals surface area contributed by atoms with Crippen molar-refractivity contribution in [2.24, 2.45) is 0 Å². The van der Waals surface area contributed by atoms with Gasteiger partial charge in [-0.25, -0.2) is 0 Å². The van der Waals surface area contributed by atoms with Gasteiger partial charge in [0.1, 0.15) is 24.2 Å². The van der Waals surface area contributed by atoms with Crippen LogP contribution >= 0.6 is 0 Å². The summed E-state index contributed by atoms with van der Waals surface area (Å²) in [4.78, 5) is 0. The minimum Gasteiger partial charge on any atom is -0.493 e. The smallest absolute Gasteiger partial charge is 0.161 e. The van der Waals surface area contributed by atoms with Gasteiger partial charge in [0.2, 0.25) is 0 Å². The lowest BCUT2D eigenvalue weighted by molar-refractivity contribution is 0.185. The first-order chi connectivity index (χ1) is 13.2. The monoisotopic (exact) mass is 368 g/mol. The van der Waals surface area contributed by atoms with Crippen LogP contribution in [0.15, 0.2) is 65.1 Å². The van der Waals surface area contributed by atoms with Gasteiger partial charge in [-0.15, -0.1) is 0 Å². The fraction of sp³-hybridized carbons (Fsp3) is 0.273. The average Bonchev–Trinajstić information content (AvgIpc) is 3.19. The minimum atomic E-state index is -0.898. The number of hydrogen-bond donors (Lipinski definition) is 2. The largest absolute Gasteiger partial charge is 0.493 e. The molecule has 5 nitrogen and oxygen atoms in total. The fourth-order valence-corrected chi connectivity index (χ4v) is 2.80. The molecule has 27 heavy (non-hydrogen) atoms. The lowest BCUT2D eigenvalue weighted by Gasteiger charge is -2.14. The van der Waals surface area contributed by atoms with Gasteiger partial charge in [0, 0.05) is 13.0 Å². The molecule has 0 radical (unpaired) electrons. The number of aliphatic hydroxyl groups excluding tert-OH is 2. The first kappa shape index (κ1) is 19.0. The molecule has 0 amide bonds. The van der Waals surface area contributed by atoms with Gasteiger partial charge >= 0.3 is 0 Å². The Hall–Kier alpha value is -2.76. The SMILES string of the molecule is COc1cc(C(O)c2ccc(CCCO)o2)ccc1OCc1ccccc1. The van der Waals surface area contributed by atoms with E-state index in [9.17, 15) is 5.11 Å². The molecule has 0 fully saturated rings. The summed E-state index contributed by atoms with van der Waals surface area (Å²) in [5, 5.41) is 19.5. The van der Waals surface area contributed by atoms with E-state index in [2.05, 4.69) is 0 Å². The van der Waals surface area contributed by atoms with Crippen LogP contribution in [0.2, 0.25) is 0 Å². The molecule has 2 aromatic carbocycles. The number of aryl methyl sites for hydroxylation is 1. The Morgan fingerprint density at radius 1 is 1.00 bits per heavy atom. The van der Waals surface area contributed by atoms with Crippen LogP contribution in [-0.4, -0.2) is 23.9 Å². The van der Waals surface area contributed by atoms with Crippen molar-refractivity contribution in [1.29, 1.82) is 0 Å². The second kappa shape index (κ2) is 9.26. The Balaban J connectivity index is 1.71. The average molecular weight is 368 g/mol. The molecule has 3 rings (SSSR count). The molecule has 0 saturated heterocycles. The highest BCUT2D eigenvalue weighted by atomic mass is 16.5. The van der Waals surface area contributed by atoms with E-state index in [1.807, 2.05) is 36.4 Å². The molecule has 0 aliphatic carbocycles. The van der Waals surface area contributed by atoms with Gasteiger partial charge in [-0.2, -0.15) is 0 Å². The van der Waals surface area contributed by atoms with E-state index >= 15 is 0 Å². The summed E-state index contributed by atoms with van der Waals surface area (Å²) in [6.07, 6.45) is 0.369. The molecule has 1 heterocycles. The van der Waals surface area contributed by atoms with E-state index in [-0.39, 0.29) is 6.61 Å². The molecule has 0 saturated carbocycles. The van der Waals surface area contributed by atoms with Gasteiger partial charge in [0.25, 0.3) is 0 Å². The quantitative estimate of drug-likeness (QED) is 0.600. The van der Waals surface area contributed by atoms with E-state index in [4.69, 9.17) is 19.0 Å². The molecular weight excluding hydrogens is 344 g/mol. The number of hydrogen-bond acceptors (Lipinski definition) is 5. The van der Waals surface area contributed by atoms with Crippen LogP contribution < -0.4 is 9.47 Å². The Bertz CT molecular complexity index is 841. The molecule has 2 N–H and O–H groups in total. The Labute approximate surface area is 158 Å². The van der Waals surface area contributed by atoms with Gasteiger partial charge in [0.05, 0.1) is 7.11 Å². The highest BCUT2D eigenvalue weighted by molar-refractivity contribution is 5.44. The van der Waals surface area contributed by atoms with Crippen LogP contribution in [-0.2, 0) is 13.0 Å². The summed E-state index contributed by atoms with van der Waals surface area (Å²) in [6, 6.07) is 18.8. The molecular formula is C22H24O5. The molecule has 0 bridgehead atoms. The number of furan rings is 1. The van der Waals surface area contributed by atoms with Crippen molar-refractivity contribution in [3.8, 4) is 11.5 Å². The maximum Gasteiger partial charge on any atom is 0.161 e. The van der Waals surface area contributed by atoms with Crippen molar-refractivity contribution in [2.75, 3.05) is 13.7 Å². The molecule has 1 aromatic heterocycles. The van der Waals surface area contributed by atoms with Crippen molar-refractivity contribution in [1.82, 2.24) is 0 Å². The fourth-order valence-electron chi connectivity index (χ4n) is 2.80. The second-order valence-corrected chi connectivity index (χ2v) is 6.22. The second-order valence-electron chi connectivity index (χ2n) is 6.22. The lowest BCUT2D eigenvalue weighted by atomic mass is 10.1. The van der Waals surface area contributed by atoms with Crippen molar-refractivity contribution in [3.05, 3.63) is 83.3 Å². The van der Waals surface area contributed by atoms with Gasteiger partial charge in [-0.05, 0) is 41.8 Å². The van der Waals surface area contributed by atoms with Crippen LogP contribution in [0.25, 0.3) is 0 Å². The normalized spacial score (nSPS) is 12.0. The highest BCUT2D eigenvalue weighted by Gasteiger charge is 2.17. The van der Waals surface area contributed by atoms with E-state index in [0.29, 0.717) is 42.3 Å². The first-order valence-electron chi connectivity index (χ1n) is 8.93.